The van der Waals surface area contributed by atoms with E-state index in [1.807, 2.05) is 0 Å². The van der Waals surface area contributed by atoms with Crippen molar-refractivity contribution in [1.29, 1.82) is 0 Å². The summed E-state index contributed by atoms with van der Waals surface area (Å²) in [7, 11) is 1.37. The van der Waals surface area contributed by atoms with Gasteiger partial charge in [0.2, 0.25) is 0 Å². The van der Waals surface area contributed by atoms with Gasteiger partial charge in [-0.05, 0) is 29.3 Å². The number of carbonyl (C=O) groups is 1. The quantitative estimate of drug-likeness (QED) is 0.625. The van der Waals surface area contributed by atoms with Gasteiger partial charge in [-0.25, -0.2) is 4.79 Å². The molecule has 0 aromatic heterocycles. The number of halogens is 3. The molecule has 4 nitrogen and oxygen atoms in total. The molecule has 0 aliphatic carbocycles. The maximum atomic E-state index is 13.1. The highest BCUT2D eigenvalue weighted by molar-refractivity contribution is 5.96. The van der Waals surface area contributed by atoms with Crippen LogP contribution in [0.5, 0.6) is 5.75 Å². The third-order valence-electron chi connectivity index (χ3n) is 3.28. The van der Waals surface area contributed by atoms with Gasteiger partial charge in [0.1, 0.15) is 5.75 Å². The zero-order chi connectivity index (χ0) is 18.4. The average molecular weight is 352 g/mol. The highest BCUT2D eigenvalue weighted by atomic mass is 19.4. The third-order valence-corrected chi connectivity index (χ3v) is 3.28. The number of ether oxygens (including phenoxy) is 2. The topological polar surface area (TPSA) is 55.8 Å². The van der Waals surface area contributed by atoms with Gasteiger partial charge in [0.05, 0.1) is 5.56 Å². The molecule has 0 spiro atoms. The summed E-state index contributed by atoms with van der Waals surface area (Å²) >= 11 is 0. The molecule has 0 aliphatic rings. The predicted molar refractivity (Wildman–Crippen MR) is 85.1 cm³/mol. The van der Waals surface area contributed by atoms with E-state index in [-0.39, 0.29) is 23.7 Å². The van der Waals surface area contributed by atoms with Crippen LogP contribution in [-0.4, -0.2) is 25.0 Å². The molecule has 2 aromatic carbocycles. The summed E-state index contributed by atoms with van der Waals surface area (Å²) in [6, 6.07) is 11.1. The largest absolute Gasteiger partial charge is 0.478 e. The van der Waals surface area contributed by atoms with E-state index in [1.165, 1.54) is 7.11 Å². The van der Waals surface area contributed by atoms with Crippen molar-refractivity contribution in [3.8, 4) is 5.75 Å². The lowest BCUT2D eigenvalue weighted by molar-refractivity contribution is -0.137. The Morgan fingerprint density at radius 1 is 1.16 bits per heavy atom. The maximum Gasteiger partial charge on any atom is 0.416 e. The van der Waals surface area contributed by atoms with Crippen molar-refractivity contribution in [3.63, 3.8) is 0 Å². The normalized spacial score (nSPS) is 12.1. The van der Waals surface area contributed by atoms with Crippen LogP contribution in [0.4, 0.5) is 13.2 Å². The second kappa shape index (κ2) is 7.85. The van der Waals surface area contributed by atoms with Gasteiger partial charge in [0.25, 0.3) is 0 Å². The van der Waals surface area contributed by atoms with E-state index in [4.69, 9.17) is 14.6 Å². The van der Waals surface area contributed by atoms with Gasteiger partial charge in [-0.3, -0.25) is 0 Å². The molecule has 2 aromatic rings. The lowest BCUT2D eigenvalue weighted by Crippen LogP contribution is -2.08. The predicted octanol–water partition coefficient (Wildman–Crippen LogP) is 4.20. The van der Waals surface area contributed by atoms with Crippen molar-refractivity contribution in [2.75, 3.05) is 13.9 Å². The summed E-state index contributed by atoms with van der Waals surface area (Å²) in [6.45, 7) is -0.187. The molecule has 0 bridgehead atoms. The van der Waals surface area contributed by atoms with Crippen molar-refractivity contribution in [2.45, 2.75) is 6.18 Å². The van der Waals surface area contributed by atoms with Crippen molar-refractivity contribution in [2.24, 2.45) is 0 Å². The number of carboxylic acid groups (broad SMARTS) is 1. The summed E-state index contributed by atoms with van der Waals surface area (Å²) in [5.74, 6) is -1.19. The lowest BCUT2D eigenvalue weighted by atomic mass is 9.95. The average Bonchev–Trinajstić information content (AvgIpc) is 2.57. The molecule has 7 heteroatoms. The highest BCUT2D eigenvalue weighted by Gasteiger charge is 2.31. The fourth-order valence-corrected chi connectivity index (χ4v) is 2.22. The van der Waals surface area contributed by atoms with Gasteiger partial charge < -0.3 is 14.6 Å². The van der Waals surface area contributed by atoms with E-state index >= 15 is 0 Å². The van der Waals surface area contributed by atoms with Crippen LogP contribution in [0.2, 0.25) is 0 Å². The Morgan fingerprint density at radius 3 is 2.40 bits per heavy atom. The minimum Gasteiger partial charge on any atom is -0.478 e. The van der Waals surface area contributed by atoms with Crippen LogP contribution in [0.3, 0.4) is 0 Å². The van der Waals surface area contributed by atoms with E-state index in [9.17, 15) is 18.0 Å². The van der Waals surface area contributed by atoms with Gasteiger partial charge in [0, 0.05) is 18.7 Å². The molecule has 0 fully saturated rings. The van der Waals surface area contributed by atoms with E-state index in [0.717, 1.165) is 24.3 Å². The van der Waals surface area contributed by atoms with Crippen LogP contribution in [0.1, 0.15) is 16.7 Å². The molecule has 132 valence electrons. The van der Waals surface area contributed by atoms with Gasteiger partial charge in [-0.1, -0.05) is 30.3 Å². The van der Waals surface area contributed by atoms with E-state index in [1.54, 1.807) is 30.3 Å². The molecule has 2 rings (SSSR count). The standard InChI is InChI=1S/C18H15F3O4/c1-24-11-25-16-8-7-13(18(19,20)21)9-15(16)14(10-17(22)23)12-5-3-2-4-6-12/h2-10H,11H2,1H3,(H,22,23)/b14-10+. The van der Waals surface area contributed by atoms with Crippen LogP contribution in [-0.2, 0) is 15.7 Å². The Balaban J connectivity index is 2.66. The maximum absolute atomic E-state index is 13.1. The number of methoxy groups -OCH3 is 1. The number of hydrogen-bond acceptors (Lipinski definition) is 3. The van der Waals surface area contributed by atoms with Crippen molar-refractivity contribution in [1.82, 2.24) is 0 Å². The molecule has 0 heterocycles. The molecular formula is C18H15F3O4. The monoisotopic (exact) mass is 352 g/mol. The summed E-state index contributed by atoms with van der Waals surface area (Å²) in [6.07, 6.45) is -3.72. The Kier molecular flexibility index (Phi) is 5.82. The van der Waals surface area contributed by atoms with Gasteiger partial charge in [-0.2, -0.15) is 13.2 Å². The Bertz CT molecular complexity index is 768. The molecule has 1 N–H and O–H groups in total. The molecule has 0 saturated carbocycles. The van der Waals surface area contributed by atoms with Crippen LogP contribution >= 0.6 is 0 Å². The summed E-state index contributed by atoms with van der Waals surface area (Å²) in [4.78, 5) is 11.2. The van der Waals surface area contributed by atoms with Crippen molar-refractivity contribution >= 4 is 11.5 Å². The number of aliphatic carboxylic acids is 1. The first-order chi connectivity index (χ1) is 11.8. The molecule has 0 radical (unpaired) electrons. The third kappa shape index (κ3) is 4.84. The van der Waals surface area contributed by atoms with E-state index in [0.29, 0.717) is 5.56 Å². The first-order valence-corrected chi connectivity index (χ1v) is 7.16. The number of alkyl halides is 3. The molecule has 25 heavy (non-hydrogen) atoms. The number of hydrogen-bond donors (Lipinski definition) is 1. The minimum atomic E-state index is -4.57. The van der Waals surface area contributed by atoms with Crippen LogP contribution in [0, 0.1) is 0 Å². The molecule has 0 unspecified atom stereocenters. The van der Waals surface area contributed by atoms with Gasteiger partial charge in [-0.15, -0.1) is 0 Å². The smallest absolute Gasteiger partial charge is 0.416 e. The summed E-state index contributed by atoms with van der Waals surface area (Å²) in [5, 5.41) is 9.14. The van der Waals surface area contributed by atoms with Crippen molar-refractivity contribution < 1.29 is 32.5 Å². The zero-order valence-corrected chi connectivity index (χ0v) is 13.2. The number of benzene rings is 2. The van der Waals surface area contributed by atoms with E-state index < -0.39 is 17.7 Å². The number of carboxylic acids is 1. The fraction of sp³-hybridized carbons (Fsp3) is 0.167. The Morgan fingerprint density at radius 2 is 1.84 bits per heavy atom. The van der Waals surface area contributed by atoms with Crippen LogP contribution in [0.25, 0.3) is 5.57 Å². The van der Waals surface area contributed by atoms with Crippen LogP contribution < -0.4 is 4.74 Å². The SMILES string of the molecule is COCOc1ccc(C(F)(F)F)cc1/C(=C/C(=O)O)c1ccccc1. The Labute approximate surface area is 142 Å². The molecule has 0 saturated heterocycles. The second-order valence-electron chi connectivity index (χ2n) is 5.02. The summed E-state index contributed by atoms with van der Waals surface area (Å²) in [5.41, 5.74) is -0.336. The van der Waals surface area contributed by atoms with Crippen molar-refractivity contribution in [3.05, 3.63) is 71.3 Å². The first kappa shape index (κ1) is 18.5. The molecule has 0 amide bonds. The fourth-order valence-electron chi connectivity index (χ4n) is 2.22. The zero-order valence-electron chi connectivity index (χ0n) is 13.2. The van der Waals surface area contributed by atoms with Gasteiger partial charge in [0.15, 0.2) is 6.79 Å². The van der Waals surface area contributed by atoms with E-state index in [2.05, 4.69) is 0 Å². The molecule has 0 aliphatic heterocycles. The Hall–Kier alpha value is -2.80. The molecule has 0 atom stereocenters. The number of rotatable bonds is 6. The summed E-state index contributed by atoms with van der Waals surface area (Å²) < 4.78 is 49.3. The second-order valence-corrected chi connectivity index (χ2v) is 5.02. The first-order valence-electron chi connectivity index (χ1n) is 7.16. The van der Waals surface area contributed by atoms with Gasteiger partial charge >= 0.3 is 12.1 Å². The highest BCUT2D eigenvalue weighted by Crippen LogP contribution is 2.37. The van der Waals surface area contributed by atoms with Crippen LogP contribution in [0.15, 0.2) is 54.6 Å². The lowest BCUT2D eigenvalue weighted by Gasteiger charge is -2.16. The molecular weight excluding hydrogens is 337 g/mol. The minimum absolute atomic E-state index is 0.0143.